The molecule has 0 fully saturated rings. The monoisotopic (exact) mass is 318 g/mol. The second kappa shape index (κ2) is 13.3. The van der Waals surface area contributed by atoms with Crippen molar-refractivity contribution < 1.29 is 18.9 Å². The van der Waals surface area contributed by atoms with Gasteiger partial charge in [0.25, 0.3) is 0 Å². The van der Waals surface area contributed by atoms with Gasteiger partial charge in [-0.05, 0) is 19.3 Å². The van der Waals surface area contributed by atoms with Gasteiger partial charge in [0.2, 0.25) is 0 Å². The molecule has 0 aromatic carbocycles. The van der Waals surface area contributed by atoms with E-state index >= 15 is 0 Å². The van der Waals surface area contributed by atoms with Crippen LogP contribution in [0.2, 0.25) is 0 Å². The smallest absolute Gasteiger partial charge is 0.303 e. The molecule has 0 saturated heterocycles. The van der Waals surface area contributed by atoms with Crippen molar-refractivity contribution in [1.29, 1.82) is 0 Å². The number of unbranched alkanes of at least 4 members (excludes halogenated alkanes) is 8. The minimum Gasteiger partial charge on any atom is -0.303 e. The first-order valence-corrected chi connectivity index (χ1v) is 9.70. The van der Waals surface area contributed by atoms with Gasteiger partial charge in [-0.2, -0.15) is 0 Å². The molecule has 0 spiro atoms. The molecule has 0 aromatic rings. The normalized spacial score (nSPS) is 13.0. The van der Waals surface area contributed by atoms with Crippen molar-refractivity contribution in [1.82, 2.24) is 0 Å². The van der Waals surface area contributed by atoms with Crippen molar-refractivity contribution in [3.8, 4) is 12.3 Å². The number of hydrogen-bond donors (Lipinski definition) is 2. The molecule has 0 aliphatic heterocycles. The Kier molecular flexibility index (Phi) is 13.1. The molecule has 1 unspecified atom stereocenters. The molecule has 0 radical (unpaired) electrons. The Hall–Kier alpha value is -0.330. The molecule has 124 valence electrons. The molecular formula is C16H31O4P. The highest BCUT2D eigenvalue weighted by molar-refractivity contribution is 7.46. The van der Waals surface area contributed by atoms with Crippen LogP contribution in [0, 0.1) is 12.3 Å². The van der Waals surface area contributed by atoms with E-state index < -0.39 is 7.82 Å². The van der Waals surface area contributed by atoms with Gasteiger partial charge >= 0.3 is 7.82 Å². The molecule has 1 atom stereocenters. The first kappa shape index (κ1) is 20.7. The Labute approximate surface area is 129 Å². The molecule has 0 aromatic heterocycles. The first-order valence-electron chi connectivity index (χ1n) is 8.17. The van der Waals surface area contributed by atoms with Crippen molar-refractivity contribution in [3.05, 3.63) is 0 Å². The van der Waals surface area contributed by atoms with E-state index in [9.17, 15) is 4.57 Å². The summed E-state index contributed by atoms with van der Waals surface area (Å²) in [5.74, 6) is 2.60. The molecule has 0 heterocycles. The Balaban J connectivity index is 3.87. The second-order valence-corrected chi connectivity index (χ2v) is 6.77. The molecule has 21 heavy (non-hydrogen) atoms. The van der Waals surface area contributed by atoms with Crippen molar-refractivity contribution in [2.75, 3.05) is 0 Å². The van der Waals surface area contributed by atoms with E-state index in [4.69, 9.17) is 20.7 Å². The lowest BCUT2D eigenvalue weighted by molar-refractivity contribution is 0.115. The summed E-state index contributed by atoms with van der Waals surface area (Å²) in [6.45, 7) is 2.18. The third-order valence-corrected chi connectivity index (χ3v) is 4.09. The predicted octanol–water partition coefficient (Wildman–Crippen LogP) is 4.80. The van der Waals surface area contributed by atoms with Crippen LogP contribution in [0.1, 0.15) is 84.0 Å². The van der Waals surface area contributed by atoms with Crippen molar-refractivity contribution in [2.24, 2.45) is 0 Å². The van der Waals surface area contributed by atoms with E-state index in [1.165, 1.54) is 25.7 Å². The summed E-state index contributed by atoms with van der Waals surface area (Å²) in [4.78, 5) is 17.9. The molecule has 0 bridgehead atoms. The van der Waals surface area contributed by atoms with Gasteiger partial charge in [-0.25, -0.2) is 4.57 Å². The second-order valence-electron chi connectivity index (χ2n) is 5.58. The van der Waals surface area contributed by atoms with Crippen LogP contribution in [0.3, 0.4) is 0 Å². The molecule has 0 saturated carbocycles. The molecular weight excluding hydrogens is 287 g/mol. The fourth-order valence-electron chi connectivity index (χ4n) is 2.37. The van der Waals surface area contributed by atoms with E-state index in [-0.39, 0.29) is 6.10 Å². The molecule has 2 N–H and O–H groups in total. The standard InChI is InChI=1S/C16H31O4P/c1-3-5-7-9-11-13-15-16(20-21(17,18)19)14-12-10-8-6-4-2/h2,16H,3,5-15H2,1H3,(H2,17,18,19). The Morgan fingerprint density at radius 2 is 1.52 bits per heavy atom. The van der Waals surface area contributed by atoms with Crippen LogP contribution >= 0.6 is 7.82 Å². The van der Waals surface area contributed by atoms with Gasteiger partial charge in [0.15, 0.2) is 0 Å². The van der Waals surface area contributed by atoms with Gasteiger partial charge in [0.05, 0.1) is 6.10 Å². The number of phosphoric ester groups is 1. The fraction of sp³-hybridized carbons (Fsp3) is 0.875. The summed E-state index contributed by atoms with van der Waals surface area (Å²) < 4.78 is 15.9. The molecule has 0 aliphatic carbocycles. The van der Waals surface area contributed by atoms with Crippen LogP contribution in [0.4, 0.5) is 0 Å². The van der Waals surface area contributed by atoms with E-state index in [0.29, 0.717) is 6.42 Å². The minimum absolute atomic E-state index is 0.331. The van der Waals surface area contributed by atoms with Gasteiger partial charge in [-0.3, -0.25) is 4.52 Å². The molecule has 0 rings (SSSR count). The highest BCUT2D eigenvalue weighted by Gasteiger charge is 2.21. The van der Waals surface area contributed by atoms with Crippen molar-refractivity contribution in [2.45, 2.75) is 90.1 Å². The predicted molar refractivity (Wildman–Crippen MR) is 86.8 cm³/mol. The molecule has 4 nitrogen and oxygen atoms in total. The average Bonchev–Trinajstić information content (AvgIpc) is 2.40. The highest BCUT2D eigenvalue weighted by Crippen LogP contribution is 2.39. The summed E-state index contributed by atoms with van der Waals surface area (Å²) in [5.41, 5.74) is 0. The summed E-state index contributed by atoms with van der Waals surface area (Å²) in [7, 11) is -4.38. The van der Waals surface area contributed by atoms with Gasteiger partial charge in [0, 0.05) is 6.42 Å². The number of hydrogen-bond acceptors (Lipinski definition) is 2. The van der Waals surface area contributed by atoms with Crippen LogP contribution in [0.25, 0.3) is 0 Å². The maximum absolute atomic E-state index is 11.0. The van der Waals surface area contributed by atoms with Gasteiger partial charge in [-0.15, -0.1) is 12.3 Å². The van der Waals surface area contributed by atoms with E-state index in [2.05, 4.69) is 12.8 Å². The van der Waals surface area contributed by atoms with Crippen LogP contribution in [0.15, 0.2) is 0 Å². The van der Waals surface area contributed by atoms with Gasteiger partial charge in [-0.1, -0.05) is 58.3 Å². The average molecular weight is 318 g/mol. The Morgan fingerprint density at radius 3 is 2.05 bits per heavy atom. The van der Waals surface area contributed by atoms with E-state index in [0.717, 1.165) is 44.9 Å². The fourth-order valence-corrected chi connectivity index (χ4v) is 2.97. The van der Waals surface area contributed by atoms with Crippen LogP contribution in [-0.4, -0.2) is 15.9 Å². The van der Waals surface area contributed by atoms with Crippen molar-refractivity contribution in [3.63, 3.8) is 0 Å². The van der Waals surface area contributed by atoms with Gasteiger partial charge in [0.1, 0.15) is 0 Å². The summed E-state index contributed by atoms with van der Waals surface area (Å²) in [6, 6.07) is 0. The van der Waals surface area contributed by atoms with E-state index in [1.807, 2.05) is 0 Å². The zero-order valence-corrected chi connectivity index (χ0v) is 14.2. The van der Waals surface area contributed by atoms with Gasteiger partial charge < -0.3 is 9.79 Å². The quantitative estimate of drug-likeness (QED) is 0.274. The summed E-state index contributed by atoms with van der Waals surface area (Å²) >= 11 is 0. The van der Waals surface area contributed by atoms with E-state index in [1.54, 1.807) is 0 Å². The first-order chi connectivity index (χ1) is 9.99. The molecule has 0 aliphatic rings. The topological polar surface area (TPSA) is 66.8 Å². The Bertz CT molecular complexity index is 319. The maximum atomic E-state index is 11.0. The van der Waals surface area contributed by atoms with Crippen LogP contribution in [-0.2, 0) is 9.09 Å². The zero-order chi connectivity index (χ0) is 16.0. The zero-order valence-electron chi connectivity index (χ0n) is 13.3. The third kappa shape index (κ3) is 15.9. The molecule has 0 amide bonds. The molecule has 5 heteroatoms. The van der Waals surface area contributed by atoms with Crippen molar-refractivity contribution >= 4 is 7.82 Å². The lowest BCUT2D eigenvalue weighted by Gasteiger charge is -2.18. The lowest BCUT2D eigenvalue weighted by Crippen LogP contribution is -2.11. The SMILES string of the molecule is C#CCCCCCC(CCCCCCCC)OP(=O)(O)O. The summed E-state index contributed by atoms with van der Waals surface area (Å²) in [5, 5.41) is 0. The largest absolute Gasteiger partial charge is 0.469 e. The number of terminal acetylenes is 1. The third-order valence-electron chi connectivity index (χ3n) is 3.51. The maximum Gasteiger partial charge on any atom is 0.469 e. The number of phosphoric acid groups is 1. The number of rotatable bonds is 14. The highest BCUT2D eigenvalue weighted by atomic mass is 31.2. The van der Waals surface area contributed by atoms with Crippen LogP contribution < -0.4 is 0 Å². The Morgan fingerprint density at radius 1 is 1.00 bits per heavy atom. The van der Waals surface area contributed by atoms with Crippen LogP contribution in [0.5, 0.6) is 0 Å². The lowest BCUT2D eigenvalue weighted by atomic mass is 10.0. The minimum atomic E-state index is -4.38. The summed E-state index contributed by atoms with van der Waals surface area (Å²) in [6.07, 6.45) is 16.9.